The summed E-state index contributed by atoms with van der Waals surface area (Å²) in [6, 6.07) is 7.62. The van der Waals surface area contributed by atoms with Crippen molar-refractivity contribution in [1.29, 1.82) is 5.26 Å². The first-order chi connectivity index (χ1) is 15.4. The minimum absolute atomic E-state index is 0.261. The van der Waals surface area contributed by atoms with Crippen molar-refractivity contribution in [2.24, 2.45) is 0 Å². The van der Waals surface area contributed by atoms with Crippen LogP contribution in [-0.4, -0.2) is 56.1 Å². The van der Waals surface area contributed by atoms with Gasteiger partial charge in [0.2, 0.25) is 5.91 Å². The molecule has 0 bridgehead atoms. The first kappa shape index (κ1) is 21.1. The third-order valence-electron chi connectivity index (χ3n) is 5.05. The molecule has 3 aromatic rings. The van der Waals surface area contributed by atoms with Gasteiger partial charge in [0, 0.05) is 42.3 Å². The number of rotatable bonds is 5. The molecular weight excluding hydrogens is 418 g/mol. The highest BCUT2D eigenvalue weighted by Crippen LogP contribution is 2.31. The lowest BCUT2D eigenvalue weighted by atomic mass is 10.1. The highest BCUT2D eigenvalue weighted by Gasteiger charge is 2.47. The fourth-order valence-electron chi connectivity index (χ4n) is 3.50. The summed E-state index contributed by atoms with van der Waals surface area (Å²) in [6.07, 6.45) is 9.34. The molecule has 2 amide bonds. The van der Waals surface area contributed by atoms with Crippen LogP contribution >= 0.6 is 0 Å². The van der Waals surface area contributed by atoms with Crippen LogP contribution in [0, 0.1) is 11.3 Å². The molecule has 1 aliphatic heterocycles. The lowest BCUT2D eigenvalue weighted by Gasteiger charge is -2.19. The topological polar surface area (TPSA) is 103 Å². The molecule has 8 nitrogen and oxygen atoms in total. The molecule has 10 heteroatoms. The molecule has 1 atom stereocenters. The van der Waals surface area contributed by atoms with Crippen LogP contribution in [0.1, 0.15) is 28.0 Å². The van der Waals surface area contributed by atoms with E-state index in [2.05, 4.69) is 15.3 Å². The van der Waals surface area contributed by atoms with Crippen LogP contribution in [0.2, 0.25) is 0 Å². The number of hydrogen-bond acceptors (Lipinski definition) is 5. The Bertz CT molecular complexity index is 1210. The van der Waals surface area contributed by atoms with Crippen molar-refractivity contribution < 1.29 is 18.4 Å². The molecule has 1 N–H and O–H groups in total. The van der Waals surface area contributed by atoms with Gasteiger partial charge in [-0.25, -0.2) is 13.8 Å². The molecule has 162 valence electrons. The third kappa shape index (κ3) is 4.46. The van der Waals surface area contributed by atoms with Crippen LogP contribution in [0.5, 0.6) is 0 Å². The number of nitriles is 1. The highest BCUT2D eigenvalue weighted by molar-refractivity contribution is 6.00. The van der Waals surface area contributed by atoms with Crippen LogP contribution in [0.25, 0.3) is 17.8 Å². The lowest BCUT2D eigenvalue weighted by molar-refractivity contribution is -0.131. The van der Waals surface area contributed by atoms with Gasteiger partial charge in [-0.3, -0.25) is 14.6 Å². The molecule has 1 saturated heterocycles. The van der Waals surface area contributed by atoms with E-state index in [0.717, 1.165) is 10.5 Å². The molecule has 1 aliphatic rings. The predicted molar refractivity (Wildman–Crippen MR) is 111 cm³/mol. The largest absolute Gasteiger partial charge is 0.343 e. The lowest BCUT2D eigenvalue weighted by Crippen LogP contribution is -2.43. The molecular formula is C22H18F2N6O2. The van der Waals surface area contributed by atoms with Crippen molar-refractivity contribution in [2.75, 3.05) is 13.1 Å². The van der Waals surface area contributed by atoms with E-state index in [0.29, 0.717) is 11.3 Å². The van der Waals surface area contributed by atoms with Crippen molar-refractivity contribution in [3.63, 3.8) is 0 Å². The van der Waals surface area contributed by atoms with E-state index < -0.39 is 43.3 Å². The second-order valence-electron chi connectivity index (χ2n) is 7.34. The van der Waals surface area contributed by atoms with Crippen LogP contribution in [-0.2, 0) is 4.79 Å². The average molecular weight is 436 g/mol. The Morgan fingerprint density at radius 3 is 2.94 bits per heavy atom. The SMILES string of the molecule is N#CC1CC(F)(F)CN1C(=O)CNC(=O)c1ccncc1/C=C/c1cn2ccccc2n1. The van der Waals surface area contributed by atoms with Crippen LogP contribution in [0.4, 0.5) is 8.78 Å². The van der Waals surface area contributed by atoms with Crippen molar-refractivity contribution in [3.05, 3.63) is 65.9 Å². The number of carbonyl (C=O) groups excluding carboxylic acids is 2. The van der Waals surface area contributed by atoms with Gasteiger partial charge in [0.15, 0.2) is 0 Å². The molecule has 0 saturated carbocycles. The number of likely N-dealkylation sites (tertiary alicyclic amines) is 1. The molecule has 3 aromatic heterocycles. The smallest absolute Gasteiger partial charge is 0.268 e. The molecule has 4 heterocycles. The molecule has 1 fully saturated rings. The molecule has 32 heavy (non-hydrogen) atoms. The summed E-state index contributed by atoms with van der Waals surface area (Å²) in [6.45, 7) is -1.33. The van der Waals surface area contributed by atoms with Gasteiger partial charge >= 0.3 is 0 Å². The maximum atomic E-state index is 13.5. The number of fused-ring (bicyclic) bond motifs is 1. The molecule has 4 rings (SSSR count). The molecule has 0 radical (unpaired) electrons. The normalized spacial score (nSPS) is 17.5. The van der Waals surface area contributed by atoms with E-state index in [1.807, 2.05) is 35.0 Å². The first-order valence-electron chi connectivity index (χ1n) is 9.77. The number of carbonyl (C=O) groups is 2. The summed E-state index contributed by atoms with van der Waals surface area (Å²) >= 11 is 0. The van der Waals surface area contributed by atoms with Gasteiger partial charge in [-0.15, -0.1) is 0 Å². The summed E-state index contributed by atoms with van der Waals surface area (Å²) < 4.78 is 29.0. The van der Waals surface area contributed by atoms with Gasteiger partial charge < -0.3 is 14.6 Å². The first-order valence-corrected chi connectivity index (χ1v) is 9.77. The second kappa shape index (κ2) is 8.55. The van der Waals surface area contributed by atoms with E-state index in [1.54, 1.807) is 18.2 Å². The predicted octanol–water partition coefficient (Wildman–Crippen LogP) is 2.39. The van der Waals surface area contributed by atoms with Gasteiger partial charge in [0.05, 0.1) is 24.9 Å². The fraction of sp³-hybridized carbons (Fsp3) is 0.227. The Morgan fingerprint density at radius 1 is 1.31 bits per heavy atom. The average Bonchev–Trinajstić information content (AvgIpc) is 3.35. The van der Waals surface area contributed by atoms with E-state index in [-0.39, 0.29) is 5.56 Å². The van der Waals surface area contributed by atoms with Crippen molar-refractivity contribution in [3.8, 4) is 6.07 Å². The number of pyridine rings is 2. The zero-order chi connectivity index (χ0) is 22.7. The number of alkyl halides is 2. The quantitative estimate of drug-likeness (QED) is 0.662. The van der Waals surface area contributed by atoms with Gasteiger partial charge in [0.25, 0.3) is 11.8 Å². The van der Waals surface area contributed by atoms with Crippen LogP contribution in [0.15, 0.2) is 49.1 Å². The standard InChI is InChI=1S/C22H18F2N6O2/c23-22(24)9-17(10-25)30(14-22)20(31)12-27-21(32)18-6-7-26-11-15(18)4-5-16-13-29-8-2-1-3-19(29)28-16/h1-8,11,13,17H,9,12,14H2,(H,27,32)/b5-4+. The third-order valence-corrected chi connectivity index (χ3v) is 5.05. The van der Waals surface area contributed by atoms with Gasteiger partial charge in [-0.2, -0.15) is 5.26 Å². The van der Waals surface area contributed by atoms with Crippen molar-refractivity contribution >= 4 is 29.6 Å². The van der Waals surface area contributed by atoms with Gasteiger partial charge in [0.1, 0.15) is 11.7 Å². The number of nitrogens with zero attached hydrogens (tertiary/aromatic N) is 5. The Hall–Kier alpha value is -4.13. The van der Waals surface area contributed by atoms with E-state index in [9.17, 15) is 18.4 Å². The number of amides is 2. The van der Waals surface area contributed by atoms with Crippen molar-refractivity contribution in [1.82, 2.24) is 24.6 Å². The number of nitrogens with one attached hydrogen (secondary N) is 1. The Balaban J connectivity index is 1.44. The molecule has 0 aliphatic carbocycles. The zero-order valence-corrected chi connectivity index (χ0v) is 16.8. The highest BCUT2D eigenvalue weighted by atomic mass is 19.3. The van der Waals surface area contributed by atoms with E-state index in [1.165, 1.54) is 18.5 Å². The number of aromatic nitrogens is 3. The Morgan fingerprint density at radius 2 is 2.16 bits per heavy atom. The monoisotopic (exact) mass is 436 g/mol. The molecule has 1 unspecified atom stereocenters. The minimum Gasteiger partial charge on any atom is -0.343 e. The van der Waals surface area contributed by atoms with Gasteiger partial charge in [-0.05, 0) is 24.3 Å². The fourth-order valence-corrected chi connectivity index (χ4v) is 3.50. The second-order valence-corrected chi connectivity index (χ2v) is 7.34. The zero-order valence-electron chi connectivity index (χ0n) is 16.8. The van der Waals surface area contributed by atoms with Crippen LogP contribution < -0.4 is 5.32 Å². The Kier molecular flexibility index (Phi) is 5.64. The van der Waals surface area contributed by atoms with E-state index >= 15 is 0 Å². The Labute approximate surface area is 181 Å². The maximum Gasteiger partial charge on any atom is 0.268 e. The van der Waals surface area contributed by atoms with E-state index in [4.69, 9.17) is 5.26 Å². The number of hydrogen-bond donors (Lipinski definition) is 1. The van der Waals surface area contributed by atoms with Crippen molar-refractivity contribution in [2.45, 2.75) is 18.4 Å². The van der Waals surface area contributed by atoms with Crippen LogP contribution in [0.3, 0.4) is 0 Å². The summed E-state index contributed by atoms with van der Waals surface area (Å²) in [5.74, 6) is -4.41. The minimum atomic E-state index is -3.11. The number of imidazole rings is 1. The molecule has 0 aromatic carbocycles. The summed E-state index contributed by atoms with van der Waals surface area (Å²) in [7, 11) is 0. The number of halogens is 2. The summed E-state index contributed by atoms with van der Waals surface area (Å²) in [4.78, 5) is 34.2. The summed E-state index contributed by atoms with van der Waals surface area (Å²) in [5, 5.41) is 11.5. The maximum absolute atomic E-state index is 13.5. The molecule has 0 spiro atoms. The van der Waals surface area contributed by atoms with Gasteiger partial charge in [-0.1, -0.05) is 12.1 Å². The summed E-state index contributed by atoms with van der Waals surface area (Å²) in [5.41, 5.74) is 2.21.